The fraction of sp³-hybridized carbons (Fsp3) is 0.280. The molecule has 2 aromatic carbocycles. The molecule has 4 rings (SSSR count). The van der Waals surface area contributed by atoms with Gasteiger partial charge in [0.25, 0.3) is 5.56 Å². The van der Waals surface area contributed by atoms with Gasteiger partial charge in [-0.25, -0.2) is 0 Å². The summed E-state index contributed by atoms with van der Waals surface area (Å²) in [6.45, 7) is 5.52. The van der Waals surface area contributed by atoms with Crippen molar-refractivity contribution in [2.75, 3.05) is 7.11 Å². The number of aromatic nitrogens is 3. The second-order valence-electron chi connectivity index (χ2n) is 8.11. The van der Waals surface area contributed by atoms with E-state index in [2.05, 4.69) is 22.8 Å². The first-order valence-electron chi connectivity index (χ1n) is 10.7. The lowest BCUT2D eigenvalue weighted by Gasteiger charge is -2.15. The lowest BCUT2D eigenvalue weighted by atomic mass is 9.91. The molecule has 0 spiro atoms. The Labute approximate surface area is 201 Å². The van der Waals surface area contributed by atoms with E-state index >= 15 is 0 Å². The van der Waals surface area contributed by atoms with Gasteiger partial charge in [0.15, 0.2) is 5.58 Å². The van der Waals surface area contributed by atoms with E-state index in [1.165, 1.54) is 11.8 Å². The number of allylic oxidation sites excluding steroid dienone is 1. The maximum atomic E-state index is 12.6. The highest BCUT2D eigenvalue weighted by atomic mass is 32.1. The highest BCUT2D eigenvalue weighted by Crippen LogP contribution is 2.34. The van der Waals surface area contributed by atoms with Crippen LogP contribution in [-0.2, 0) is 13.5 Å². The number of methoxy groups -OCH3 is 1. The molecule has 0 radical (unpaired) electrons. The fourth-order valence-corrected chi connectivity index (χ4v) is 4.26. The Kier molecular flexibility index (Phi) is 6.47. The van der Waals surface area contributed by atoms with Gasteiger partial charge in [-0.05, 0) is 72.4 Å². The van der Waals surface area contributed by atoms with Gasteiger partial charge in [-0.2, -0.15) is 4.74 Å². The minimum absolute atomic E-state index is 0.210. The van der Waals surface area contributed by atoms with Crippen molar-refractivity contribution in [3.8, 4) is 5.75 Å². The van der Waals surface area contributed by atoms with E-state index < -0.39 is 5.12 Å². The van der Waals surface area contributed by atoms with Gasteiger partial charge in [-0.15, -0.1) is 22.8 Å². The summed E-state index contributed by atoms with van der Waals surface area (Å²) in [5.41, 5.74) is 4.82. The molecule has 0 aliphatic carbocycles. The average Bonchev–Trinajstić information content (AvgIpc) is 3.33. The van der Waals surface area contributed by atoms with Gasteiger partial charge in [-0.1, -0.05) is 6.08 Å². The lowest BCUT2D eigenvalue weighted by molar-refractivity contribution is 0.108. The number of carbonyl (C=O) groups is 1. The number of aryl methyl sites for hydroxylation is 5. The minimum atomic E-state index is -0.391. The standard InChI is InChI=1S/C25H25N3O5S/c1-13-9-17(12-20(25(30)34)22(13)31-5)18(7-6-8-21-27-26-15(3)32-21)16-10-14(2)23-19(11-16)24(29)28(4)33-23/h7,9-12H,6,8H2,1-5H3,(H,30,34). The van der Waals surface area contributed by atoms with Crippen molar-refractivity contribution >= 4 is 34.3 Å². The first-order valence-corrected chi connectivity index (χ1v) is 11.2. The van der Waals surface area contributed by atoms with Crippen molar-refractivity contribution in [2.24, 2.45) is 7.05 Å². The van der Waals surface area contributed by atoms with Crippen molar-refractivity contribution in [3.05, 3.63) is 80.3 Å². The van der Waals surface area contributed by atoms with Crippen molar-refractivity contribution in [2.45, 2.75) is 33.6 Å². The average molecular weight is 480 g/mol. The molecular weight excluding hydrogens is 454 g/mol. The molecule has 2 heterocycles. The quantitative estimate of drug-likeness (QED) is 0.387. The van der Waals surface area contributed by atoms with Crippen LogP contribution in [0.15, 0.2) is 44.1 Å². The summed E-state index contributed by atoms with van der Waals surface area (Å²) >= 11 is 4.04. The number of fused-ring (bicyclic) bond motifs is 1. The molecule has 0 fully saturated rings. The van der Waals surface area contributed by atoms with Crippen molar-refractivity contribution in [3.63, 3.8) is 0 Å². The van der Waals surface area contributed by atoms with Gasteiger partial charge < -0.3 is 13.7 Å². The summed E-state index contributed by atoms with van der Waals surface area (Å²) in [5.74, 6) is 1.54. The molecule has 0 N–H and O–H groups in total. The van der Waals surface area contributed by atoms with Gasteiger partial charge in [-0.3, -0.25) is 9.59 Å². The Hall–Kier alpha value is -3.59. The number of ether oxygens (including phenoxy) is 1. The van der Waals surface area contributed by atoms with E-state index in [-0.39, 0.29) is 5.56 Å². The number of carbonyl (C=O) groups excluding carboxylic acids is 1. The Morgan fingerprint density at radius 1 is 1.12 bits per heavy atom. The molecule has 0 saturated carbocycles. The number of benzene rings is 2. The summed E-state index contributed by atoms with van der Waals surface area (Å²) in [6.07, 6.45) is 3.19. The molecule has 176 valence electrons. The third-order valence-electron chi connectivity index (χ3n) is 5.62. The normalized spacial score (nSPS) is 11.9. The third-order valence-corrected chi connectivity index (χ3v) is 5.87. The highest BCUT2D eigenvalue weighted by molar-refractivity contribution is 7.97. The van der Waals surface area contributed by atoms with Crippen molar-refractivity contribution < 1.29 is 18.5 Å². The Balaban J connectivity index is 1.88. The predicted molar refractivity (Wildman–Crippen MR) is 132 cm³/mol. The van der Waals surface area contributed by atoms with E-state index in [0.717, 1.165) is 27.8 Å². The van der Waals surface area contributed by atoms with Crippen LogP contribution in [0.5, 0.6) is 5.75 Å². The van der Waals surface area contributed by atoms with Gasteiger partial charge >= 0.3 is 0 Å². The molecule has 0 bridgehead atoms. The van der Waals surface area contributed by atoms with Crippen molar-refractivity contribution in [1.82, 2.24) is 14.9 Å². The van der Waals surface area contributed by atoms with E-state index in [1.54, 1.807) is 20.0 Å². The van der Waals surface area contributed by atoms with Gasteiger partial charge in [0.2, 0.25) is 16.9 Å². The van der Waals surface area contributed by atoms with Crippen LogP contribution >= 0.6 is 12.6 Å². The second kappa shape index (κ2) is 9.34. The molecule has 4 aromatic rings. The summed E-state index contributed by atoms with van der Waals surface area (Å²) in [5, 5.41) is 8.03. The summed E-state index contributed by atoms with van der Waals surface area (Å²) in [6, 6.07) is 7.50. The number of nitrogens with zero attached hydrogens (tertiary/aromatic N) is 3. The first-order chi connectivity index (χ1) is 16.2. The van der Waals surface area contributed by atoms with Crippen LogP contribution in [-0.4, -0.2) is 27.2 Å². The molecule has 34 heavy (non-hydrogen) atoms. The Morgan fingerprint density at radius 3 is 2.47 bits per heavy atom. The molecule has 8 nitrogen and oxygen atoms in total. The van der Waals surface area contributed by atoms with E-state index in [9.17, 15) is 9.59 Å². The molecular formula is C25H25N3O5S. The maximum absolute atomic E-state index is 12.6. The molecule has 9 heteroatoms. The van der Waals surface area contributed by atoms with Crippen LogP contribution in [0.2, 0.25) is 0 Å². The van der Waals surface area contributed by atoms with E-state index in [4.69, 9.17) is 13.7 Å². The molecule has 0 amide bonds. The molecule has 0 saturated heterocycles. The second-order valence-corrected chi connectivity index (χ2v) is 8.52. The summed E-state index contributed by atoms with van der Waals surface area (Å²) in [7, 11) is 3.11. The van der Waals surface area contributed by atoms with E-state index in [0.29, 0.717) is 46.9 Å². The Morgan fingerprint density at radius 2 is 1.82 bits per heavy atom. The third kappa shape index (κ3) is 4.43. The monoisotopic (exact) mass is 479 g/mol. The zero-order valence-electron chi connectivity index (χ0n) is 19.6. The van der Waals surface area contributed by atoms with Crippen LogP contribution in [0, 0.1) is 20.8 Å². The van der Waals surface area contributed by atoms with Crippen LogP contribution < -0.4 is 10.3 Å². The maximum Gasteiger partial charge on any atom is 0.290 e. The van der Waals surface area contributed by atoms with Crippen LogP contribution in [0.3, 0.4) is 0 Å². The SMILES string of the molecule is COc1c(C)cc(C(=CCCc2nnc(C)o2)c2cc(C)c3on(C)c(=O)c3c2)cc1C(=O)S. The number of hydrogen-bond donors (Lipinski definition) is 1. The fourth-order valence-electron chi connectivity index (χ4n) is 4.10. The largest absolute Gasteiger partial charge is 0.496 e. The molecule has 2 aromatic heterocycles. The van der Waals surface area contributed by atoms with Crippen molar-refractivity contribution in [1.29, 1.82) is 0 Å². The van der Waals surface area contributed by atoms with Gasteiger partial charge in [0, 0.05) is 20.4 Å². The lowest BCUT2D eigenvalue weighted by Crippen LogP contribution is -2.09. The molecule has 0 atom stereocenters. The first kappa shape index (κ1) is 23.6. The summed E-state index contributed by atoms with van der Waals surface area (Å²) < 4.78 is 17.8. The molecule has 0 unspecified atom stereocenters. The zero-order valence-corrected chi connectivity index (χ0v) is 20.5. The topological polar surface area (TPSA) is 100 Å². The highest BCUT2D eigenvalue weighted by Gasteiger charge is 2.18. The van der Waals surface area contributed by atoms with Crippen LogP contribution in [0.25, 0.3) is 16.5 Å². The Bertz CT molecular complexity index is 1490. The summed E-state index contributed by atoms with van der Waals surface area (Å²) in [4.78, 5) is 24.9. The smallest absolute Gasteiger partial charge is 0.290 e. The van der Waals surface area contributed by atoms with Gasteiger partial charge in [0.1, 0.15) is 5.75 Å². The molecule has 0 aliphatic rings. The van der Waals surface area contributed by atoms with Gasteiger partial charge in [0.05, 0.1) is 18.1 Å². The number of thiol groups is 1. The zero-order chi connectivity index (χ0) is 24.6. The predicted octanol–water partition coefficient (Wildman–Crippen LogP) is 4.58. The number of hydrogen-bond acceptors (Lipinski definition) is 7. The minimum Gasteiger partial charge on any atom is -0.496 e. The van der Waals surface area contributed by atoms with E-state index in [1.807, 2.05) is 38.1 Å². The molecule has 0 aliphatic heterocycles. The van der Waals surface area contributed by atoms with Crippen LogP contribution in [0.4, 0.5) is 0 Å². The van der Waals surface area contributed by atoms with Crippen LogP contribution in [0.1, 0.15) is 50.8 Å². The number of rotatable bonds is 7.